The monoisotopic (exact) mass is 307 g/mol. The molecule has 0 aromatic heterocycles. The van der Waals surface area contributed by atoms with E-state index in [9.17, 15) is 4.79 Å². The first kappa shape index (κ1) is 22.0. The molecule has 4 nitrogen and oxygen atoms in total. The molecule has 0 rings (SSSR count). The van der Waals surface area contributed by atoms with Gasteiger partial charge in [-0.05, 0) is 31.8 Å². The molecule has 0 aliphatic rings. The molecule has 0 aliphatic heterocycles. The van der Waals surface area contributed by atoms with E-state index in [2.05, 4.69) is 37.9 Å². The second-order valence-electron chi connectivity index (χ2n) is 5.64. The topological polar surface area (TPSA) is 58.4 Å². The van der Waals surface area contributed by atoms with Gasteiger partial charge < -0.3 is 11.1 Å². The number of hydrogen-bond donors (Lipinski definition) is 2. The number of likely N-dealkylation sites (N-methyl/N-ethyl adjacent to an activating group) is 1. The SMILES string of the molecule is CCCC(N)C(=O)NCC(CC(C)C)N(CC)CC.Cl. The molecule has 0 aliphatic carbocycles. The molecule has 0 saturated carbocycles. The highest BCUT2D eigenvalue weighted by molar-refractivity contribution is 5.85. The molecule has 3 N–H and O–H groups in total. The van der Waals surface area contributed by atoms with E-state index in [1.54, 1.807) is 0 Å². The summed E-state index contributed by atoms with van der Waals surface area (Å²) >= 11 is 0. The molecule has 0 heterocycles. The van der Waals surface area contributed by atoms with Crippen LogP contribution in [-0.4, -0.2) is 42.5 Å². The number of nitrogens with zero attached hydrogens (tertiary/aromatic N) is 1. The van der Waals surface area contributed by atoms with Gasteiger partial charge in [0.25, 0.3) is 0 Å². The van der Waals surface area contributed by atoms with Crippen molar-refractivity contribution < 1.29 is 4.79 Å². The van der Waals surface area contributed by atoms with Gasteiger partial charge in [-0.15, -0.1) is 12.4 Å². The smallest absolute Gasteiger partial charge is 0.236 e. The lowest BCUT2D eigenvalue weighted by atomic mass is 10.0. The van der Waals surface area contributed by atoms with Crippen molar-refractivity contribution >= 4 is 18.3 Å². The Bertz CT molecular complexity index is 245. The third-order valence-corrected chi connectivity index (χ3v) is 3.52. The molecule has 0 saturated heterocycles. The molecule has 0 aromatic carbocycles. The second kappa shape index (κ2) is 12.4. The highest BCUT2D eigenvalue weighted by Gasteiger charge is 2.19. The van der Waals surface area contributed by atoms with Crippen LogP contribution in [0.3, 0.4) is 0 Å². The average molecular weight is 308 g/mol. The van der Waals surface area contributed by atoms with Gasteiger partial charge in [0, 0.05) is 12.6 Å². The Hall–Kier alpha value is -0.320. The Kier molecular flexibility index (Phi) is 13.6. The van der Waals surface area contributed by atoms with Gasteiger partial charge in [-0.1, -0.05) is 41.0 Å². The lowest BCUT2D eigenvalue weighted by molar-refractivity contribution is -0.122. The molecule has 2 atom stereocenters. The zero-order valence-corrected chi connectivity index (χ0v) is 14.6. The standard InChI is InChI=1S/C15H33N3O.ClH/c1-6-9-14(16)15(19)17-11-13(10-12(4)5)18(7-2)8-3;/h12-14H,6-11,16H2,1-5H3,(H,17,19);1H. The third-order valence-electron chi connectivity index (χ3n) is 3.52. The molecular formula is C15H34ClN3O. The third kappa shape index (κ3) is 8.77. The predicted octanol–water partition coefficient (Wildman–Crippen LogP) is 2.41. The van der Waals surface area contributed by atoms with Crippen molar-refractivity contribution in [3.8, 4) is 0 Å². The summed E-state index contributed by atoms with van der Waals surface area (Å²) in [6, 6.07) is 0.0502. The van der Waals surface area contributed by atoms with Gasteiger partial charge in [0.2, 0.25) is 5.91 Å². The van der Waals surface area contributed by atoms with Crippen LogP contribution in [0.15, 0.2) is 0 Å². The number of nitrogens with one attached hydrogen (secondary N) is 1. The lowest BCUT2D eigenvalue weighted by Gasteiger charge is -2.31. The van der Waals surface area contributed by atoms with E-state index in [-0.39, 0.29) is 24.4 Å². The van der Waals surface area contributed by atoms with Crippen LogP contribution in [0.4, 0.5) is 0 Å². The van der Waals surface area contributed by atoms with E-state index in [1.165, 1.54) is 0 Å². The Morgan fingerprint density at radius 2 is 1.75 bits per heavy atom. The Balaban J connectivity index is 0. The van der Waals surface area contributed by atoms with Crippen molar-refractivity contribution in [2.45, 2.75) is 66.0 Å². The molecule has 0 bridgehead atoms. The van der Waals surface area contributed by atoms with E-state index in [0.29, 0.717) is 18.5 Å². The molecule has 5 heteroatoms. The molecule has 0 aromatic rings. The quantitative estimate of drug-likeness (QED) is 0.651. The molecular weight excluding hydrogens is 274 g/mol. The Morgan fingerprint density at radius 1 is 1.20 bits per heavy atom. The van der Waals surface area contributed by atoms with Crippen LogP contribution in [0.25, 0.3) is 0 Å². The largest absolute Gasteiger partial charge is 0.353 e. The van der Waals surface area contributed by atoms with Gasteiger partial charge in [-0.3, -0.25) is 9.69 Å². The normalized spacial score (nSPS) is 14.0. The first-order valence-corrected chi connectivity index (χ1v) is 7.73. The lowest BCUT2D eigenvalue weighted by Crippen LogP contribution is -2.48. The molecule has 20 heavy (non-hydrogen) atoms. The fourth-order valence-corrected chi connectivity index (χ4v) is 2.44. The predicted molar refractivity (Wildman–Crippen MR) is 89.3 cm³/mol. The van der Waals surface area contributed by atoms with Crippen LogP contribution in [0, 0.1) is 5.92 Å². The van der Waals surface area contributed by atoms with E-state index in [1.807, 2.05) is 6.92 Å². The second-order valence-corrected chi connectivity index (χ2v) is 5.64. The molecule has 122 valence electrons. The fraction of sp³-hybridized carbons (Fsp3) is 0.933. The van der Waals surface area contributed by atoms with Gasteiger partial charge in [0.1, 0.15) is 0 Å². The van der Waals surface area contributed by atoms with Gasteiger partial charge in [-0.2, -0.15) is 0 Å². The minimum absolute atomic E-state index is 0. The molecule has 1 amide bonds. The maximum absolute atomic E-state index is 11.9. The number of halogens is 1. The number of carbonyl (C=O) groups is 1. The summed E-state index contributed by atoms with van der Waals surface area (Å²) in [7, 11) is 0. The first-order valence-electron chi connectivity index (χ1n) is 7.73. The van der Waals surface area contributed by atoms with Crippen molar-refractivity contribution in [2.75, 3.05) is 19.6 Å². The van der Waals surface area contributed by atoms with E-state index in [0.717, 1.165) is 32.4 Å². The number of amides is 1. The number of nitrogens with two attached hydrogens (primary N) is 1. The van der Waals surface area contributed by atoms with E-state index >= 15 is 0 Å². The zero-order chi connectivity index (χ0) is 14.8. The van der Waals surface area contributed by atoms with Crippen LogP contribution >= 0.6 is 12.4 Å². The van der Waals surface area contributed by atoms with Gasteiger partial charge in [0.15, 0.2) is 0 Å². The van der Waals surface area contributed by atoms with Crippen molar-refractivity contribution in [1.29, 1.82) is 0 Å². The maximum Gasteiger partial charge on any atom is 0.236 e. The van der Waals surface area contributed by atoms with Crippen molar-refractivity contribution in [3.63, 3.8) is 0 Å². The summed E-state index contributed by atoms with van der Waals surface area (Å²) in [5.41, 5.74) is 5.83. The summed E-state index contributed by atoms with van der Waals surface area (Å²) < 4.78 is 0. The molecule has 0 fully saturated rings. The summed E-state index contributed by atoms with van der Waals surface area (Å²) in [6.45, 7) is 13.6. The summed E-state index contributed by atoms with van der Waals surface area (Å²) in [4.78, 5) is 14.3. The number of hydrogen-bond acceptors (Lipinski definition) is 3. The van der Waals surface area contributed by atoms with Crippen LogP contribution in [0.2, 0.25) is 0 Å². The van der Waals surface area contributed by atoms with Crippen LogP contribution in [0.1, 0.15) is 53.9 Å². The molecule has 2 unspecified atom stereocenters. The molecule has 0 spiro atoms. The average Bonchev–Trinajstić information content (AvgIpc) is 2.36. The van der Waals surface area contributed by atoms with E-state index in [4.69, 9.17) is 5.73 Å². The van der Waals surface area contributed by atoms with E-state index < -0.39 is 0 Å². The van der Waals surface area contributed by atoms with Gasteiger partial charge >= 0.3 is 0 Å². The minimum Gasteiger partial charge on any atom is -0.353 e. The van der Waals surface area contributed by atoms with Gasteiger partial charge in [-0.25, -0.2) is 0 Å². The fourth-order valence-electron chi connectivity index (χ4n) is 2.44. The Labute approximate surface area is 131 Å². The summed E-state index contributed by atoms with van der Waals surface area (Å²) in [5.74, 6) is 0.620. The number of rotatable bonds is 10. The Morgan fingerprint density at radius 3 is 2.15 bits per heavy atom. The minimum atomic E-state index is -0.360. The van der Waals surface area contributed by atoms with Crippen LogP contribution < -0.4 is 11.1 Å². The zero-order valence-electron chi connectivity index (χ0n) is 13.8. The maximum atomic E-state index is 11.9. The molecule has 0 radical (unpaired) electrons. The van der Waals surface area contributed by atoms with Crippen molar-refractivity contribution in [1.82, 2.24) is 10.2 Å². The van der Waals surface area contributed by atoms with Crippen LogP contribution in [-0.2, 0) is 4.79 Å². The van der Waals surface area contributed by atoms with Crippen molar-refractivity contribution in [2.24, 2.45) is 11.7 Å². The first-order chi connectivity index (χ1) is 8.96. The van der Waals surface area contributed by atoms with Crippen molar-refractivity contribution in [3.05, 3.63) is 0 Å². The number of carbonyl (C=O) groups excluding carboxylic acids is 1. The summed E-state index contributed by atoms with van der Waals surface area (Å²) in [6.07, 6.45) is 2.80. The highest BCUT2D eigenvalue weighted by atomic mass is 35.5. The van der Waals surface area contributed by atoms with Crippen LogP contribution in [0.5, 0.6) is 0 Å². The van der Waals surface area contributed by atoms with Gasteiger partial charge in [0.05, 0.1) is 6.04 Å². The summed E-state index contributed by atoms with van der Waals surface area (Å²) in [5, 5.41) is 3.02. The highest BCUT2D eigenvalue weighted by Crippen LogP contribution is 2.11.